The van der Waals surface area contributed by atoms with Crippen LogP contribution in [0.1, 0.15) is 12.8 Å². The summed E-state index contributed by atoms with van der Waals surface area (Å²) in [7, 11) is 5.84. The van der Waals surface area contributed by atoms with Gasteiger partial charge in [0, 0.05) is 17.8 Å². The molecule has 1 aromatic rings. The average molecular weight is 236 g/mol. The van der Waals surface area contributed by atoms with E-state index in [2.05, 4.69) is 19.0 Å². The van der Waals surface area contributed by atoms with E-state index in [9.17, 15) is 0 Å². The summed E-state index contributed by atoms with van der Waals surface area (Å²) in [6.07, 6.45) is 2.40. The van der Waals surface area contributed by atoms with Gasteiger partial charge in [0.25, 0.3) is 0 Å². The summed E-state index contributed by atoms with van der Waals surface area (Å²) < 4.78 is 11.2. The number of hydrogen-bond acceptors (Lipinski definition) is 4. The molecule has 94 valence electrons. The minimum Gasteiger partial charge on any atom is -0.493 e. The molecule has 1 aliphatic rings. The maximum absolute atomic E-state index is 5.90. The molecule has 17 heavy (non-hydrogen) atoms. The van der Waals surface area contributed by atoms with E-state index in [1.54, 1.807) is 7.11 Å². The Hall–Kier alpha value is -1.42. The molecule has 0 unspecified atom stereocenters. The van der Waals surface area contributed by atoms with E-state index in [0.717, 1.165) is 24.3 Å². The summed E-state index contributed by atoms with van der Waals surface area (Å²) in [6.45, 7) is 0. The van der Waals surface area contributed by atoms with E-state index in [0.29, 0.717) is 11.7 Å². The molecule has 1 fully saturated rings. The maximum Gasteiger partial charge on any atom is 0.163 e. The number of nitrogens with two attached hydrogens (primary N) is 1. The molecule has 1 saturated carbocycles. The van der Waals surface area contributed by atoms with E-state index in [1.165, 1.54) is 0 Å². The SMILES string of the molecule is COc1ccc(N)cc1OC1CC(N(C)C)C1. The number of benzene rings is 1. The summed E-state index contributed by atoms with van der Waals surface area (Å²) in [5, 5.41) is 0. The highest BCUT2D eigenvalue weighted by atomic mass is 16.5. The van der Waals surface area contributed by atoms with E-state index in [1.807, 2.05) is 18.2 Å². The van der Waals surface area contributed by atoms with E-state index in [4.69, 9.17) is 15.2 Å². The van der Waals surface area contributed by atoms with Gasteiger partial charge in [0.15, 0.2) is 11.5 Å². The van der Waals surface area contributed by atoms with Crippen LogP contribution in [0.4, 0.5) is 5.69 Å². The fourth-order valence-corrected chi connectivity index (χ4v) is 2.02. The minimum atomic E-state index is 0.276. The first-order valence-electron chi connectivity index (χ1n) is 5.86. The van der Waals surface area contributed by atoms with Crippen LogP contribution in [0.5, 0.6) is 11.5 Å². The van der Waals surface area contributed by atoms with Crippen molar-refractivity contribution in [2.24, 2.45) is 0 Å². The maximum atomic E-state index is 5.90. The molecule has 2 rings (SSSR count). The van der Waals surface area contributed by atoms with E-state index in [-0.39, 0.29) is 6.10 Å². The van der Waals surface area contributed by atoms with Crippen molar-refractivity contribution in [3.63, 3.8) is 0 Å². The highest BCUT2D eigenvalue weighted by molar-refractivity contribution is 5.52. The zero-order valence-corrected chi connectivity index (χ0v) is 10.6. The second kappa shape index (κ2) is 4.84. The van der Waals surface area contributed by atoms with Crippen LogP contribution >= 0.6 is 0 Å². The second-order valence-electron chi connectivity index (χ2n) is 4.74. The van der Waals surface area contributed by atoms with Crippen molar-refractivity contribution < 1.29 is 9.47 Å². The lowest BCUT2D eigenvalue weighted by Gasteiger charge is -2.39. The molecule has 0 radical (unpaired) electrons. The summed E-state index contributed by atoms with van der Waals surface area (Å²) in [5.74, 6) is 1.49. The highest BCUT2D eigenvalue weighted by Crippen LogP contribution is 2.34. The molecule has 1 aromatic carbocycles. The normalized spacial score (nSPS) is 23.3. The molecular formula is C13H20N2O2. The third-order valence-corrected chi connectivity index (χ3v) is 3.28. The fourth-order valence-electron chi connectivity index (χ4n) is 2.02. The number of nitrogen functional groups attached to an aromatic ring is 1. The van der Waals surface area contributed by atoms with Crippen LogP contribution in [-0.2, 0) is 0 Å². The van der Waals surface area contributed by atoms with Crippen molar-refractivity contribution >= 4 is 5.69 Å². The second-order valence-corrected chi connectivity index (χ2v) is 4.74. The predicted octanol–water partition coefficient (Wildman–Crippen LogP) is 1.75. The van der Waals surface area contributed by atoms with Gasteiger partial charge in [0.1, 0.15) is 6.10 Å². The molecule has 0 saturated heterocycles. The minimum absolute atomic E-state index is 0.276. The van der Waals surface area contributed by atoms with Crippen molar-refractivity contribution in [1.29, 1.82) is 0 Å². The Morgan fingerprint density at radius 3 is 2.53 bits per heavy atom. The van der Waals surface area contributed by atoms with Gasteiger partial charge >= 0.3 is 0 Å². The topological polar surface area (TPSA) is 47.7 Å². The summed E-state index contributed by atoms with van der Waals surface area (Å²) in [5.41, 5.74) is 6.45. The molecule has 4 heteroatoms. The van der Waals surface area contributed by atoms with Gasteiger partial charge in [-0.3, -0.25) is 0 Å². The van der Waals surface area contributed by atoms with Gasteiger partial charge in [-0.25, -0.2) is 0 Å². The molecule has 0 spiro atoms. The number of nitrogens with zero attached hydrogens (tertiary/aromatic N) is 1. The van der Waals surface area contributed by atoms with Gasteiger partial charge in [0.2, 0.25) is 0 Å². The van der Waals surface area contributed by atoms with Gasteiger partial charge in [-0.2, -0.15) is 0 Å². The van der Waals surface area contributed by atoms with Crippen LogP contribution in [-0.4, -0.2) is 38.3 Å². The lowest BCUT2D eigenvalue weighted by Crippen LogP contribution is -2.46. The zero-order chi connectivity index (χ0) is 12.4. The Balaban J connectivity index is 1.98. The Morgan fingerprint density at radius 1 is 1.24 bits per heavy atom. The summed E-state index contributed by atoms with van der Waals surface area (Å²) in [4.78, 5) is 2.23. The molecule has 1 aliphatic carbocycles. The lowest BCUT2D eigenvalue weighted by molar-refractivity contribution is 0.0383. The standard InChI is InChI=1S/C13H20N2O2/c1-15(2)10-7-11(8-10)17-13-6-9(14)4-5-12(13)16-3/h4-6,10-11H,7-8,14H2,1-3H3. The Labute approximate surface area is 102 Å². The molecule has 0 aliphatic heterocycles. The summed E-state index contributed by atoms with van der Waals surface area (Å²) >= 11 is 0. The van der Waals surface area contributed by atoms with Gasteiger partial charge < -0.3 is 20.1 Å². The molecule has 0 aromatic heterocycles. The lowest BCUT2D eigenvalue weighted by atomic mass is 9.88. The molecule has 0 heterocycles. The molecule has 0 atom stereocenters. The Bertz CT molecular complexity index is 387. The van der Waals surface area contributed by atoms with Gasteiger partial charge in [-0.05, 0) is 39.1 Å². The first kappa shape index (κ1) is 12.0. The van der Waals surface area contributed by atoms with Crippen LogP contribution in [0.3, 0.4) is 0 Å². The quantitative estimate of drug-likeness (QED) is 0.809. The van der Waals surface area contributed by atoms with Crippen LogP contribution in [0, 0.1) is 0 Å². The number of hydrogen-bond donors (Lipinski definition) is 1. The van der Waals surface area contributed by atoms with Crippen LogP contribution in [0.15, 0.2) is 18.2 Å². The Kier molecular flexibility index (Phi) is 3.43. The highest BCUT2D eigenvalue weighted by Gasteiger charge is 2.32. The molecule has 4 nitrogen and oxygen atoms in total. The van der Waals surface area contributed by atoms with Gasteiger partial charge in [0.05, 0.1) is 7.11 Å². The summed E-state index contributed by atoms with van der Waals surface area (Å²) in [6, 6.07) is 6.11. The smallest absolute Gasteiger partial charge is 0.163 e. The van der Waals surface area contributed by atoms with Crippen LogP contribution in [0.25, 0.3) is 0 Å². The number of rotatable bonds is 4. The van der Waals surface area contributed by atoms with Crippen molar-refractivity contribution in [2.45, 2.75) is 25.0 Å². The van der Waals surface area contributed by atoms with Gasteiger partial charge in [-0.1, -0.05) is 0 Å². The third-order valence-electron chi connectivity index (χ3n) is 3.28. The first-order valence-corrected chi connectivity index (χ1v) is 5.86. The monoisotopic (exact) mass is 236 g/mol. The molecular weight excluding hydrogens is 216 g/mol. The predicted molar refractivity (Wildman–Crippen MR) is 68.5 cm³/mol. The Morgan fingerprint density at radius 2 is 1.94 bits per heavy atom. The van der Waals surface area contributed by atoms with Crippen LogP contribution < -0.4 is 15.2 Å². The van der Waals surface area contributed by atoms with Gasteiger partial charge in [-0.15, -0.1) is 0 Å². The van der Waals surface area contributed by atoms with E-state index < -0.39 is 0 Å². The average Bonchev–Trinajstić information content (AvgIpc) is 2.22. The molecule has 0 bridgehead atoms. The van der Waals surface area contributed by atoms with Crippen molar-refractivity contribution in [1.82, 2.24) is 4.90 Å². The van der Waals surface area contributed by atoms with Crippen molar-refractivity contribution in [2.75, 3.05) is 26.9 Å². The fraction of sp³-hybridized carbons (Fsp3) is 0.538. The number of methoxy groups -OCH3 is 1. The molecule has 2 N–H and O–H groups in total. The van der Waals surface area contributed by atoms with Crippen LogP contribution in [0.2, 0.25) is 0 Å². The first-order chi connectivity index (χ1) is 8.10. The molecule has 0 amide bonds. The zero-order valence-electron chi connectivity index (χ0n) is 10.6. The third kappa shape index (κ3) is 2.64. The van der Waals surface area contributed by atoms with Crippen molar-refractivity contribution in [3.8, 4) is 11.5 Å². The number of ether oxygens (including phenoxy) is 2. The van der Waals surface area contributed by atoms with Crippen molar-refractivity contribution in [3.05, 3.63) is 18.2 Å². The number of anilines is 1. The van der Waals surface area contributed by atoms with E-state index >= 15 is 0 Å². The largest absolute Gasteiger partial charge is 0.493 e.